The highest BCUT2D eigenvalue weighted by molar-refractivity contribution is 7.80. The molecule has 0 saturated carbocycles. The first-order valence-corrected chi connectivity index (χ1v) is 7.20. The standard InChI is InChI=1S/C15H22N2OS/c1-10(2)13-5-4-8-17(13)14-9-11(18-3)6-7-12(14)15(16)19/h6-7,9-10,13H,4-5,8H2,1-3H3,(H2,16,19). The van der Waals surface area contributed by atoms with Crippen molar-refractivity contribution in [3.05, 3.63) is 23.8 Å². The number of nitrogens with two attached hydrogens (primary N) is 1. The van der Waals surface area contributed by atoms with Crippen LogP contribution < -0.4 is 15.4 Å². The van der Waals surface area contributed by atoms with Crippen molar-refractivity contribution < 1.29 is 4.74 Å². The average molecular weight is 278 g/mol. The molecule has 1 aromatic carbocycles. The monoisotopic (exact) mass is 278 g/mol. The maximum Gasteiger partial charge on any atom is 0.120 e. The quantitative estimate of drug-likeness (QED) is 0.859. The molecule has 1 unspecified atom stereocenters. The fourth-order valence-corrected chi connectivity index (χ4v) is 3.04. The zero-order valence-electron chi connectivity index (χ0n) is 11.8. The fraction of sp³-hybridized carbons (Fsp3) is 0.533. The van der Waals surface area contributed by atoms with E-state index in [-0.39, 0.29) is 0 Å². The number of anilines is 1. The van der Waals surface area contributed by atoms with Crippen molar-refractivity contribution >= 4 is 22.9 Å². The number of hydrogen-bond acceptors (Lipinski definition) is 3. The summed E-state index contributed by atoms with van der Waals surface area (Å²) in [6, 6.07) is 6.49. The predicted octanol–water partition coefficient (Wildman–Crippen LogP) is 2.95. The van der Waals surface area contributed by atoms with Gasteiger partial charge < -0.3 is 15.4 Å². The molecular weight excluding hydrogens is 256 g/mol. The third-order valence-corrected chi connectivity index (χ3v) is 4.07. The van der Waals surface area contributed by atoms with Crippen LogP contribution in [0.15, 0.2) is 18.2 Å². The molecule has 104 valence electrons. The van der Waals surface area contributed by atoms with Crippen molar-refractivity contribution in [3.63, 3.8) is 0 Å². The van der Waals surface area contributed by atoms with Gasteiger partial charge in [0.05, 0.1) is 12.8 Å². The molecule has 3 nitrogen and oxygen atoms in total. The van der Waals surface area contributed by atoms with Crippen LogP contribution in [0, 0.1) is 5.92 Å². The first kappa shape index (κ1) is 14.1. The highest BCUT2D eigenvalue weighted by Gasteiger charge is 2.29. The van der Waals surface area contributed by atoms with E-state index in [1.165, 1.54) is 12.8 Å². The molecule has 4 heteroatoms. The molecule has 2 N–H and O–H groups in total. The minimum atomic E-state index is 0.451. The number of benzene rings is 1. The van der Waals surface area contributed by atoms with E-state index in [4.69, 9.17) is 22.7 Å². The normalized spacial score (nSPS) is 18.9. The summed E-state index contributed by atoms with van der Waals surface area (Å²) in [6.07, 6.45) is 2.45. The van der Waals surface area contributed by atoms with E-state index >= 15 is 0 Å². The number of thiocarbonyl (C=S) groups is 1. The number of ether oxygens (including phenoxy) is 1. The fourth-order valence-electron chi connectivity index (χ4n) is 2.87. The topological polar surface area (TPSA) is 38.5 Å². The number of methoxy groups -OCH3 is 1. The summed E-state index contributed by atoms with van der Waals surface area (Å²) in [5, 5.41) is 0. The van der Waals surface area contributed by atoms with Crippen LogP contribution in [0.2, 0.25) is 0 Å². The lowest BCUT2D eigenvalue weighted by Crippen LogP contribution is -2.34. The molecule has 1 fully saturated rings. The second kappa shape index (κ2) is 5.78. The Hall–Kier alpha value is -1.29. The largest absolute Gasteiger partial charge is 0.497 e. The van der Waals surface area contributed by atoms with Gasteiger partial charge in [-0.25, -0.2) is 0 Å². The van der Waals surface area contributed by atoms with Crippen LogP contribution in [0.5, 0.6) is 5.75 Å². The van der Waals surface area contributed by atoms with E-state index in [9.17, 15) is 0 Å². The average Bonchev–Trinajstić information content (AvgIpc) is 2.87. The summed E-state index contributed by atoms with van der Waals surface area (Å²) in [6.45, 7) is 5.60. The Morgan fingerprint density at radius 2 is 2.21 bits per heavy atom. The van der Waals surface area contributed by atoms with E-state index < -0.39 is 0 Å². The lowest BCUT2D eigenvalue weighted by Gasteiger charge is -2.31. The summed E-state index contributed by atoms with van der Waals surface area (Å²) in [4.78, 5) is 2.88. The van der Waals surface area contributed by atoms with Gasteiger partial charge in [-0.1, -0.05) is 26.1 Å². The van der Waals surface area contributed by atoms with Gasteiger partial charge in [-0.2, -0.15) is 0 Å². The van der Waals surface area contributed by atoms with E-state index in [1.807, 2.05) is 12.1 Å². The maximum absolute atomic E-state index is 5.86. The van der Waals surface area contributed by atoms with Gasteiger partial charge in [0.25, 0.3) is 0 Å². The van der Waals surface area contributed by atoms with Gasteiger partial charge in [0.2, 0.25) is 0 Å². The van der Waals surface area contributed by atoms with Crippen molar-refractivity contribution in [1.29, 1.82) is 0 Å². The molecule has 0 radical (unpaired) electrons. The van der Waals surface area contributed by atoms with Crippen molar-refractivity contribution in [3.8, 4) is 5.75 Å². The molecule has 1 atom stereocenters. The van der Waals surface area contributed by atoms with E-state index in [0.29, 0.717) is 16.9 Å². The SMILES string of the molecule is COc1ccc(C(N)=S)c(N2CCCC2C(C)C)c1. The summed E-state index contributed by atoms with van der Waals surface area (Å²) in [7, 11) is 1.68. The lowest BCUT2D eigenvalue weighted by atomic mass is 10.0. The summed E-state index contributed by atoms with van der Waals surface area (Å²) >= 11 is 5.18. The molecule has 19 heavy (non-hydrogen) atoms. The van der Waals surface area contributed by atoms with Crippen LogP contribution in [0.25, 0.3) is 0 Å². The Labute approximate surface area is 120 Å². The Kier molecular flexibility index (Phi) is 4.30. The second-order valence-corrected chi connectivity index (χ2v) is 5.83. The van der Waals surface area contributed by atoms with Gasteiger partial charge in [-0.05, 0) is 30.9 Å². The van der Waals surface area contributed by atoms with Crippen LogP contribution in [0.3, 0.4) is 0 Å². The van der Waals surface area contributed by atoms with Gasteiger partial charge in [-0.3, -0.25) is 0 Å². The van der Waals surface area contributed by atoms with Crippen molar-refractivity contribution in [2.24, 2.45) is 11.7 Å². The zero-order chi connectivity index (χ0) is 14.0. The van der Waals surface area contributed by atoms with Gasteiger partial charge in [-0.15, -0.1) is 0 Å². The van der Waals surface area contributed by atoms with Gasteiger partial charge >= 0.3 is 0 Å². The number of rotatable bonds is 4. The van der Waals surface area contributed by atoms with Gasteiger partial charge in [0.15, 0.2) is 0 Å². The molecule has 1 aromatic rings. The zero-order valence-corrected chi connectivity index (χ0v) is 12.7. The molecule has 0 aliphatic carbocycles. The highest BCUT2D eigenvalue weighted by Crippen LogP contribution is 2.34. The molecule has 1 saturated heterocycles. The molecule has 0 bridgehead atoms. The van der Waals surface area contributed by atoms with Crippen molar-refractivity contribution in [1.82, 2.24) is 0 Å². The van der Waals surface area contributed by atoms with E-state index in [2.05, 4.69) is 24.8 Å². The highest BCUT2D eigenvalue weighted by atomic mass is 32.1. The first-order valence-electron chi connectivity index (χ1n) is 6.79. The van der Waals surface area contributed by atoms with Crippen molar-refractivity contribution in [2.45, 2.75) is 32.7 Å². The van der Waals surface area contributed by atoms with Crippen LogP contribution in [0.4, 0.5) is 5.69 Å². The first-order chi connectivity index (χ1) is 9.04. The van der Waals surface area contributed by atoms with Crippen molar-refractivity contribution in [2.75, 3.05) is 18.6 Å². The molecule has 1 aliphatic rings. The maximum atomic E-state index is 5.86. The van der Waals surface area contributed by atoms with Gasteiger partial charge in [0, 0.05) is 24.2 Å². The van der Waals surface area contributed by atoms with E-state index in [0.717, 1.165) is 23.5 Å². The minimum Gasteiger partial charge on any atom is -0.497 e. The summed E-state index contributed by atoms with van der Waals surface area (Å²) in [5.74, 6) is 1.47. The molecule has 0 spiro atoms. The molecule has 2 rings (SSSR count). The van der Waals surface area contributed by atoms with Crippen LogP contribution in [-0.4, -0.2) is 24.7 Å². The molecule has 1 heterocycles. The summed E-state index contributed by atoms with van der Waals surface area (Å²) in [5.41, 5.74) is 7.92. The van der Waals surface area contributed by atoms with Crippen LogP contribution in [0.1, 0.15) is 32.3 Å². The lowest BCUT2D eigenvalue weighted by molar-refractivity contribution is 0.414. The molecule has 1 aliphatic heterocycles. The van der Waals surface area contributed by atoms with Gasteiger partial charge in [0.1, 0.15) is 10.7 Å². The third-order valence-electron chi connectivity index (χ3n) is 3.85. The Balaban J connectivity index is 2.43. The summed E-state index contributed by atoms with van der Waals surface area (Å²) < 4.78 is 5.33. The predicted molar refractivity (Wildman–Crippen MR) is 84.1 cm³/mol. The number of hydrogen-bond donors (Lipinski definition) is 1. The number of nitrogens with zero attached hydrogens (tertiary/aromatic N) is 1. The Morgan fingerprint density at radius 1 is 1.47 bits per heavy atom. The van der Waals surface area contributed by atoms with Crippen LogP contribution in [-0.2, 0) is 0 Å². The van der Waals surface area contributed by atoms with Crippen LogP contribution >= 0.6 is 12.2 Å². The third kappa shape index (κ3) is 2.84. The Morgan fingerprint density at radius 3 is 2.79 bits per heavy atom. The minimum absolute atomic E-state index is 0.451. The smallest absolute Gasteiger partial charge is 0.120 e. The molecular formula is C15H22N2OS. The van der Waals surface area contributed by atoms with E-state index in [1.54, 1.807) is 7.11 Å². The molecule has 0 aromatic heterocycles. The molecule has 0 amide bonds. The second-order valence-electron chi connectivity index (χ2n) is 5.39. The Bertz CT molecular complexity index is 473.